The molecule has 0 heterocycles. The van der Waals surface area contributed by atoms with Crippen LogP contribution in [-0.2, 0) is 5.41 Å². The first-order valence-electron chi connectivity index (χ1n) is 4.86. The van der Waals surface area contributed by atoms with Crippen molar-refractivity contribution < 1.29 is 0 Å². The van der Waals surface area contributed by atoms with Crippen molar-refractivity contribution in [1.29, 1.82) is 0 Å². The molecule has 74 valence electrons. The molecule has 0 amide bonds. The Morgan fingerprint density at radius 1 is 1.43 bits per heavy atom. The Morgan fingerprint density at radius 3 is 2.57 bits per heavy atom. The van der Waals surface area contributed by atoms with Gasteiger partial charge in [0, 0.05) is 16.1 Å². The molecule has 1 nitrogen and oxygen atoms in total. The Bertz CT molecular complexity index is 366. The van der Waals surface area contributed by atoms with E-state index in [0.717, 1.165) is 23.6 Å². The van der Waals surface area contributed by atoms with Crippen LogP contribution in [0.25, 0.3) is 0 Å². The van der Waals surface area contributed by atoms with Gasteiger partial charge < -0.3 is 5.73 Å². The molecule has 0 unspecified atom stereocenters. The third-order valence-electron chi connectivity index (χ3n) is 3.20. The number of halogens is 1. The predicted octanol–water partition coefficient (Wildman–Crippen LogP) is 3.23. The van der Waals surface area contributed by atoms with E-state index >= 15 is 0 Å². The van der Waals surface area contributed by atoms with E-state index in [4.69, 9.17) is 17.3 Å². The Kier molecular flexibility index (Phi) is 2.28. The van der Waals surface area contributed by atoms with Gasteiger partial charge in [0.15, 0.2) is 0 Å². The molecule has 0 aliphatic heterocycles. The lowest BCUT2D eigenvalue weighted by Gasteiger charge is -2.42. The van der Waals surface area contributed by atoms with Gasteiger partial charge in [-0.05, 0) is 30.5 Å². The largest absolute Gasteiger partial charge is 0.402 e. The van der Waals surface area contributed by atoms with Crippen LogP contribution in [0.2, 0.25) is 5.02 Å². The predicted molar refractivity (Wildman–Crippen MR) is 60.3 cm³/mol. The molecule has 0 bridgehead atoms. The zero-order valence-corrected chi connectivity index (χ0v) is 8.85. The van der Waals surface area contributed by atoms with Crippen LogP contribution in [0.3, 0.4) is 0 Å². The van der Waals surface area contributed by atoms with E-state index in [0.29, 0.717) is 0 Å². The minimum atomic E-state index is 0.00486. The van der Waals surface area contributed by atoms with E-state index in [-0.39, 0.29) is 5.41 Å². The summed E-state index contributed by atoms with van der Waals surface area (Å²) in [6.07, 6.45) is 3.42. The van der Waals surface area contributed by atoms with E-state index in [1.807, 2.05) is 18.2 Å². The second kappa shape index (κ2) is 3.32. The van der Waals surface area contributed by atoms with Crippen LogP contribution in [0.15, 0.2) is 36.5 Å². The third kappa shape index (κ3) is 1.32. The number of rotatable bonds is 2. The van der Waals surface area contributed by atoms with Gasteiger partial charge in [-0.25, -0.2) is 0 Å². The van der Waals surface area contributed by atoms with Gasteiger partial charge >= 0.3 is 0 Å². The highest BCUT2D eigenvalue weighted by Crippen LogP contribution is 2.47. The van der Waals surface area contributed by atoms with Gasteiger partial charge in [-0.15, -0.1) is 0 Å². The molecule has 14 heavy (non-hydrogen) atoms. The monoisotopic (exact) mass is 207 g/mol. The van der Waals surface area contributed by atoms with Gasteiger partial charge in [0.05, 0.1) is 0 Å². The first kappa shape index (κ1) is 9.60. The van der Waals surface area contributed by atoms with Gasteiger partial charge in [-0.1, -0.05) is 36.7 Å². The van der Waals surface area contributed by atoms with Gasteiger partial charge in [-0.2, -0.15) is 0 Å². The molecule has 1 aliphatic carbocycles. The van der Waals surface area contributed by atoms with E-state index < -0.39 is 0 Å². The van der Waals surface area contributed by atoms with Crippen LogP contribution >= 0.6 is 11.6 Å². The van der Waals surface area contributed by atoms with Crippen molar-refractivity contribution in [3.63, 3.8) is 0 Å². The molecule has 1 aromatic rings. The van der Waals surface area contributed by atoms with Crippen molar-refractivity contribution >= 4 is 11.6 Å². The Balaban J connectivity index is 2.42. The highest BCUT2D eigenvalue weighted by atomic mass is 35.5. The maximum absolute atomic E-state index is 5.97. The van der Waals surface area contributed by atoms with Crippen molar-refractivity contribution in [2.75, 3.05) is 0 Å². The fourth-order valence-corrected chi connectivity index (χ4v) is 2.30. The molecule has 1 fully saturated rings. The SMILES string of the molecule is C=C(N)C1(c2cccc(Cl)c2)CCC1. The van der Waals surface area contributed by atoms with E-state index in [1.54, 1.807) is 0 Å². The lowest BCUT2D eigenvalue weighted by molar-refractivity contribution is 0.293. The van der Waals surface area contributed by atoms with Crippen LogP contribution in [0.5, 0.6) is 0 Å². The summed E-state index contributed by atoms with van der Waals surface area (Å²) >= 11 is 5.97. The van der Waals surface area contributed by atoms with Crippen LogP contribution in [-0.4, -0.2) is 0 Å². The average Bonchev–Trinajstić information content (AvgIpc) is 2.00. The highest BCUT2D eigenvalue weighted by molar-refractivity contribution is 6.30. The standard InChI is InChI=1S/C12H14ClN/c1-9(14)12(6-3-7-12)10-4-2-5-11(13)8-10/h2,4-5,8H,1,3,6-7,14H2. The minimum absolute atomic E-state index is 0.00486. The summed E-state index contributed by atoms with van der Waals surface area (Å²) in [6.45, 7) is 3.89. The molecular formula is C12H14ClN. The fraction of sp³-hybridized carbons (Fsp3) is 0.333. The summed E-state index contributed by atoms with van der Waals surface area (Å²) in [6, 6.07) is 7.94. The summed E-state index contributed by atoms with van der Waals surface area (Å²) in [4.78, 5) is 0. The van der Waals surface area contributed by atoms with Gasteiger partial charge in [-0.3, -0.25) is 0 Å². The topological polar surface area (TPSA) is 26.0 Å². The van der Waals surface area contributed by atoms with Crippen LogP contribution in [0, 0.1) is 0 Å². The lowest BCUT2D eigenvalue weighted by Crippen LogP contribution is -2.39. The molecule has 1 aliphatic rings. The molecule has 0 spiro atoms. The van der Waals surface area contributed by atoms with Crippen LogP contribution in [0.1, 0.15) is 24.8 Å². The van der Waals surface area contributed by atoms with Gasteiger partial charge in [0.2, 0.25) is 0 Å². The van der Waals surface area contributed by atoms with Crippen molar-refractivity contribution in [2.24, 2.45) is 5.73 Å². The van der Waals surface area contributed by atoms with Gasteiger partial charge in [0.1, 0.15) is 0 Å². The lowest BCUT2D eigenvalue weighted by atomic mass is 9.63. The van der Waals surface area contributed by atoms with Crippen LogP contribution < -0.4 is 5.73 Å². The van der Waals surface area contributed by atoms with Crippen molar-refractivity contribution in [1.82, 2.24) is 0 Å². The maximum atomic E-state index is 5.97. The second-order valence-electron chi connectivity index (χ2n) is 3.97. The smallest absolute Gasteiger partial charge is 0.0409 e. The maximum Gasteiger partial charge on any atom is 0.0409 e. The minimum Gasteiger partial charge on any atom is -0.402 e. The van der Waals surface area contributed by atoms with Crippen molar-refractivity contribution in [3.8, 4) is 0 Å². The first-order chi connectivity index (χ1) is 6.65. The molecule has 1 aromatic carbocycles. The summed E-state index contributed by atoms with van der Waals surface area (Å²) < 4.78 is 0. The molecule has 0 atom stereocenters. The first-order valence-corrected chi connectivity index (χ1v) is 5.24. The number of benzene rings is 1. The Labute approximate surface area is 89.6 Å². The van der Waals surface area contributed by atoms with E-state index in [1.165, 1.54) is 12.0 Å². The average molecular weight is 208 g/mol. The summed E-state index contributed by atoms with van der Waals surface area (Å²) in [5, 5.41) is 0.773. The molecule has 0 radical (unpaired) electrons. The second-order valence-corrected chi connectivity index (χ2v) is 4.41. The number of allylic oxidation sites excluding steroid dienone is 1. The molecule has 0 aromatic heterocycles. The molecule has 2 rings (SSSR count). The molecule has 1 saturated carbocycles. The number of hydrogen-bond acceptors (Lipinski definition) is 1. The highest BCUT2D eigenvalue weighted by Gasteiger charge is 2.40. The van der Waals surface area contributed by atoms with E-state index in [9.17, 15) is 0 Å². The molecular weight excluding hydrogens is 194 g/mol. The summed E-state index contributed by atoms with van der Waals surface area (Å²) in [5.41, 5.74) is 7.86. The zero-order valence-electron chi connectivity index (χ0n) is 8.09. The number of hydrogen-bond donors (Lipinski definition) is 1. The molecule has 2 N–H and O–H groups in total. The van der Waals surface area contributed by atoms with E-state index in [2.05, 4.69) is 12.6 Å². The Morgan fingerprint density at radius 2 is 2.14 bits per heavy atom. The van der Waals surface area contributed by atoms with Crippen molar-refractivity contribution in [3.05, 3.63) is 47.1 Å². The van der Waals surface area contributed by atoms with Crippen LogP contribution in [0.4, 0.5) is 0 Å². The normalized spacial score (nSPS) is 18.6. The molecule has 0 saturated heterocycles. The number of nitrogens with two attached hydrogens (primary N) is 1. The van der Waals surface area contributed by atoms with Crippen molar-refractivity contribution in [2.45, 2.75) is 24.7 Å². The summed E-state index contributed by atoms with van der Waals surface area (Å²) in [7, 11) is 0. The van der Waals surface area contributed by atoms with Gasteiger partial charge in [0.25, 0.3) is 0 Å². The summed E-state index contributed by atoms with van der Waals surface area (Å²) in [5.74, 6) is 0. The quantitative estimate of drug-likeness (QED) is 0.792. The fourth-order valence-electron chi connectivity index (χ4n) is 2.11. The Hall–Kier alpha value is -0.950. The third-order valence-corrected chi connectivity index (χ3v) is 3.43. The molecule has 2 heteroatoms. The zero-order chi connectivity index (χ0) is 10.2.